The summed E-state index contributed by atoms with van der Waals surface area (Å²) in [6, 6.07) is 9.21. The lowest BCUT2D eigenvalue weighted by Crippen LogP contribution is -2.21. The normalized spacial score (nSPS) is 14.3. The first-order valence-corrected chi connectivity index (χ1v) is 7.12. The minimum Gasteiger partial charge on any atom is -0.508 e. The Hall–Kier alpha value is -1.52. The fourth-order valence-electron chi connectivity index (χ4n) is 2.11. The molecule has 3 nitrogen and oxygen atoms in total. The Morgan fingerprint density at radius 3 is 2.16 bits per heavy atom. The highest BCUT2D eigenvalue weighted by Crippen LogP contribution is 2.28. The Balaban J connectivity index is 2.10. The summed E-state index contributed by atoms with van der Waals surface area (Å²) in [4.78, 5) is 2.58. The van der Waals surface area contributed by atoms with Crippen molar-refractivity contribution in [3.05, 3.63) is 45.6 Å². The van der Waals surface area contributed by atoms with E-state index in [4.69, 9.17) is 0 Å². The SMILES string of the molecule is Cc1ccc(C(C)NC(C)c2cc(O)cc(O)c2)s1. The Labute approximate surface area is 117 Å². The quantitative estimate of drug-likeness (QED) is 0.795. The van der Waals surface area contributed by atoms with Gasteiger partial charge in [0.25, 0.3) is 0 Å². The molecule has 0 spiro atoms. The van der Waals surface area contributed by atoms with Gasteiger partial charge < -0.3 is 15.5 Å². The zero-order chi connectivity index (χ0) is 14.0. The molecule has 4 heteroatoms. The van der Waals surface area contributed by atoms with Gasteiger partial charge in [0.1, 0.15) is 11.5 Å². The van der Waals surface area contributed by atoms with E-state index < -0.39 is 0 Å². The summed E-state index contributed by atoms with van der Waals surface area (Å²) in [7, 11) is 0. The van der Waals surface area contributed by atoms with Crippen molar-refractivity contribution in [3.63, 3.8) is 0 Å². The van der Waals surface area contributed by atoms with Crippen LogP contribution in [0.25, 0.3) is 0 Å². The maximum atomic E-state index is 9.51. The summed E-state index contributed by atoms with van der Waals surface area (Å²) in [6.45, 7) is 6.23. The fourth-order valence-corrected chi connectivity index (χ4v) is 3.00. The topological polar surface area (TPSA) is 52.5 Å². The first kappa shape index (κ1) is 13.9. The number of aryl methyl sites for hydroxylation is 1. The molecule has 1 aromatic carbocycles. The molecule has 1 heterocycles. The summed E-state index contributed by atoms with van der Waals surface area (Å²) < 4.78 is 0. The van der Waals surface area contributed by atoms with Gasteiger partial charge >= 0.3 is 0 Å². The molecule has 0 fully saturated rings. The Morgan fingerprint density at radius 2 is 1.63 bits per heavy atom. The Bertz CT molecular complexity index is 545. The van der Waals surface area contributed by atoms with E-state index in [9.17, 15) is 10.2 Å². The summed E-state index contributed by atoms with van der Waals surface area (Å²) in [5, 5.41) is 22.5. The van der Waals surface area contributed by atoms with Crippen LogP contribution in [0.4, 0.5) is 0 Å². The zero-order valence-electron chi connectivity index (χ0n) is 11.3. The van der Waals surface area contributed by atoms with E-state index >= 15 is 0 Å². The lowest BCUT2D eigenvalue weighted by Gasteiger charge is -2.20. The molecule has 3 N–H and O–H groups in total. The van der Waals surface area contributed by atoms with E-state index in [2.05, 4.69) is 31.3 Å². The average molecular weight is 277 g/mol. The van der Waals surface area contributed by atoms with Crippen LogP contribution in [0.15, 0.2) is 30.3 Å². The van der Waals surface area contributed by atoms with E-state index in [-0.39, 0.29) is 23.6 Å². The second-order valence-corrected chi connectivity index (χ2v) is 6.16. The third kappa shape index (κ3) is 3.49. The van der Waals surface area contributed by atoms with Crippen LogP contribution in [-0.4, -0.2) is 10.2 Å². The molecule has 2 unspecified atom stereocenters. The minimum atomic E-state index is 0.0513. The molecule has 0 aliphatic rings. The molecule has 0 saturated carbocycles. The highest BCUT2D eigenvalue weighted by molar-refractivity contribution is 7.12. The Kier molecular flexibility index (Phi) is 4.12. The molecule has 2 rings (SSSR count). The number of aromatic hydroxyl groups is 2. The molecule has 102 valence electrons. The van der Waals surface area contributed by atoms with Crippen LogP contribution in [0.1, 0.15) is 41.2 Å². The summed E-state index contributed by atoms with van der Waals surface area (Å²) in [5.74, 6) is 0.173. The summed E-state index contributed by atoms with van der Waals surface area (Å²) >= 11 is 1.78. The van der Waals surface area contributed by atoms with Crippen LogP contribution in [-0.2, 0) is 0 Å². The van der Waals surface area contributed by atoms with Crippen molar-refractivity contribution < 1.29 is 10.2 Å². The van der Waals surface area contributed by atoms with Gasteiger partial charge in [0.2, 0.25) is 0 Å². The second kappa shape index (κ2) is 5.63. The number of phenols is 2. The van der Waals surface area contributed by atoms with Crippen LogP contribution in [0, 0.1) is 6.92 Å². The number of hydrogen-bond donors (Lipinski definition) is 3. The number of thiophene rings is 1. The van der Waals surface area contributed by atoms with Gasteiger partial charge in [-0.3, -0.25) is 0 Å². The van der Waals surface area contributed by atoms with Crippen molar-refractivity contribution in [1.29, 1.82) is 0 Å². The van der Waals surface area contributed by atoms with Crippen molar-refractivity contribution in [3.8, 4) is 11.5 Å². The van der Waals surface area contributed by atoms with Crippen molar-refractivity contribution >= 4 is 11.3 Å². The molecular weight excluding hydrogens is 258 g/mol. The Morgan fingerprint density at radius 1 is 1.00 bits per heavy atom. The van der Waals surface area contributed by atoms with E-state index in [1.54, 1.807) is 23.5 Å². The highest BCUT2D eigenvalue weighted by Gasteiger charge is 2.13. The number of benzene rings is 1. The van der Waals surface area contributed by atoms with Gasteiger partial charge in [0.05, 0.1) is 0 Å². The van der Waals surface area contributed by atoms with Gasteiger partial charge in [-0.15, -0.1) is 11.3 Å². The van der Waals surface area contributed by atoms with Crippen LogP contribution < -0.4 is 5.32 Å². The molecule has 2 atom stereocenters. The van der Waals surface area contributed by atoms with Gasteiger partial charge in [-0.05, 0) is 50.6 Å². The van der Waals surface area contributed by atoms with Crippen LogP contribution in [0.2, 0.25) is 0 Å². The van der Waals surface area contributed by atoms with E-state index in [1.165, 1.54) is 15.8 Å². The molecular formula is C15H19NO2S. The monoisotopic (exact) mass is 277 g/mol. The fraction of sp³-hybridized carbons (Fsp3) is 0.333. The van der Waals surface area contributed by atoms with Crippen molar-refractivity contribution in [2.75, 3.05) is 0 Å². The molecule has 0 saturated heterocycles. The molecule has 0 aliphatic carbocycles. The first-order chi connectivity index (χ1) is 8.95. The lowest BCUT2D eigenvalue weighted by atomic mass is 10.1. The van der Waals surface area contributed by atoms with Crippen LogP contribution >= 0.6 is 11.3 Å². The number of phenolic OH excluding ortho intramolecular Hbond substituents is 2. The molecule has 1 aromatic heterocycles. The molecule has 0 amide bonds. The smallest absolute Gasteiger partial charge is 0.119 e. The largest absolute Gasteiger partial charge is 0.508 e. The summed E-state index contributed by atoms with van der Waals surface area (Å²) in [5.41, 5.74) is 0.873. The molecule has 0 aliphatic heterocycles. The van der Waals surface area contributed by atoms with Gasteiger partial charge in [-0.1, -0.05) is 0 Å². The summed E-state index contributed by atoms with van der Waals surface area (Å²) in [6.07, 6.45) is 0. The lowest BCUT2D eigenvalue weighted by molar-refractivity contribution is 0.442. The molecule has 0 bridgehead atoms. The van der Waals surface area contributed by atoms with Crippen molar-refractivity contribution in [1.82, 2.24) is 5.32 Å². The van der Waals surface area contributed by atoms with Gasteiger partial charge in [-0.2, -0.15) is 0 Å². The van der Waals surface area contributed by atoms with Crippen molar-refractivity contribution in [2.45, 2.75) is 32.9 Å². The van der Waals surface area contributed by atoms with Gasteiger partial charge in [0, 0.05) is 27.9 Å². The minimum absolute atomic E-state index is 0.0513. The predicted molar refractivity (Wildman–Crippen MR) is 78.8 cm³/mol. The van der Waals surface area contributed by atoms with Gasteiger partial charge in [0.15, 0.2) is 0 Å². The van der Waals surface area contributed by atoms with E-state index in [1.807, 2.05) is 6.92 Å². The standard InChI is InChI=1S/C15H19NO2S/c1-9-4-5-15(19-9)11(3)16-10(2)12-6-13(17)8-14(18)7-12/h4-8,10-11,16-18H,1-3H3. The predicted octanol–water partition coefficient (Wildman–Crippen LogP) is 3.88. The van der Waals surface area contributed by atoms with Crippen molar-refractivity contribution in [2.24, 2.45) is 0 Å². The van der Waals surface area contributed by atoms with Crippen LogP contribution in [0.3, 0.4) is 0 Å². The molecule has 2 aromatic rings. The third-order valence-corrected chi connectivity index (χ3v) is 4.30. The second-order valence-electron chi connectivity index (χ2n) is 4.84. The zero-order valence-corrected chi connectivity index (χ0v) is 12.2. The molecule has 19 heavy (non-hydrogen) atoms. The number of rotatable bonds is 4. The number of hydrogen-bond acceptors (Lipinski definition) is 4. The molecule has 0 radical (unpaired) electrons. The average Bonchev–Trinajstić information content (AvgIpc) is 2.74. The maximum Gasteiger partial charge on any atom is 0.119 e. The van der Waals surface area contributed by atoms with Gasteiger partial charge in [-0.25, -0.2) is 0 Å². The maximum absolute atomic E-state index is 9.51. The highest BCUT2D eigenvalue weighted by atomic mass is 32.1. The van der Waals surface area contributed by atoms with Crippen LogP contribution in [0.5, 0.6) is 11.5 Å². The number of nitrogens with one attached hydrogen (secondary N) is 1. The van der Waals surface area contributed by atoms with E-state index in [0.717, 1.165) is 5.56 Å². The van der Waals surface area contributed by atoms with E-state index in [0.29, 0.717) is 0 Å². The third-order valence-electron chi connectivity index (χ3n) is 3.11. The first-order valence-electron chi connectivity index (χ1n) is 6.31.